The summed E-state index contributed by atoms with van der Waals surface area (Å²) in [6.07, 6.45) is 1.58. The van der Waals surface area contributed by atoms with Crippen molar-refractivity contribution in [2.45, 2.75) is 6.92 Å². The lowest BCUT2D eigenvalue weighted by Crippen LogP contribution is -1.87. The summed E-state index contributed by atoms with van der Waals surface area (Å²) in [5.74, 6) is 0. The summed E-state index contributed by atoms with van der Waals surface area (Å²) in [6.45, 7) is 1.92. The van der Waals surface area contributed by atoms with Crippen LogP contribution < -0.4 is 5.73 Å². The summed E-state index contributed by atoms with van der Waals surface area (Å²) >= 11 is 7.10. The van der Waals surface area contributed by atoms with Crippen LogP contribution in [0.25, 0.3) is 10.7 Å². The number of nitrogens with zero attached hydrogens (tertiary/aromatic N) is 3. The van der Waals surface area contributed by atoms with Crippen LogP contribution in [0.2, 0.25) is 5.02 Å². The van der Waals surface area contributed by atoms with Crippen molar-refractivity contribution < 1.29 is 0 Å². The molecule has 0 radical (unpaired) electrons. The van der Waals surface area contributed by atoms with E-state index >= 15 is 0 Å². The summed E-state index contributed by atoms with van der Waals surface area (Å²) in [5, 5.41) is 9.42. The Bertz CT molecular complexity index is 468. The van der Waals surface area contributed by atoms with Gasteiger partial charge in [-0.1, -0.05) is 22.9 Å². The highest BCUT2D eigenvalue weighted by Gasteiger charge is 2.09. The SMILES string of the molecule is Cc1cc(Cl)cnc1-c1nnc(N)s1. The molecule has 2 aromatic rings. The minimum atomic E-state index is 0.441. The molecule has 0 saturated carbocycles. The lowest BCUT2D eigenvalue weighted by Gasteiger charge is -1.99. The maximum Gasteiger partial charge on any atom is 0.203 e. The Labute approximate surface area is 89.8 Å². The van der Waals surface area contributed by atoms with E-state index in [2.05, 4.69) is 15.2 Å². The first-order valence-corrected chi connectivity index (χ1v) is 5.08. The quantitative estimate of drug-likeness (QED) is 0.809. The Morgan fingerprint density at radius 1 is 1.43 bits per heavy atom. The number of pyridine rings is 1. The average Bonchev–Trinajstić information content (AvgIpc) is 2.51. The van der Waals surface area contributed by atoms with Gasteiger partial charge < -0.3 is 5.73 Å². The first-order chi connectivity index (χ1) is 6.66. The number of rotatable bonds is 1. The van der Waals surface area contributed by atoms with Gasteiger partial charge in [0.1, 0.15) is 5.69 Å². The van der Waals surface area contributed by atoms with Gasteiger partial charge in [0.15, 0.2) is 5.01 Å². The number of aryl methyl sites for hydroxylation is 1. The maximum atomic E-state index is 5.79. The minimum Gasteiger partial charge on any atom is -0.374 e. The second-order valence-corrected chi connectivity index (χ2v) is 4.21. The van der Waals surface area contributed by atoms with E-state index in [0.29, 0.717) is 10.2 Å². The zero-order valence-electron chi connectivity index (χ0n) is 7.36. The van der Waals surface area contributed by atoms with Crippen LogP contribution >= 0.6 is 22.9 Å². The Kier molecular flexibility index (Phi) is 2.35. The number of hydrogen-bond acceptors (Lipinski definition) is 5. The molecule has 2 aromatic heterocycles. The molecule has 72 valence electrons. The van der Waals surface area contributed by atoms with E-state index < -0.39 is 0 Å². The van der Waals surface area contributed by atoms with Crippen molar-refractivity contribution in [3.8, 4) is 10.7 Å². The fourth-order valence-corrected chi connectivity index (χ4v) is 1.98. The Balaban J connectivity index is 2.52. The molecule has 0 bridgehead atoms. The van der Waals surface area contributed by atoms with Crippen molar-refractivity contribution in [2.75, 3.05) is 5.73 Å². The molecule has 14 heavy (non-hydrogen) atoms. The summed E-state index contributed by atoms with van der Waals surface area (Å²) in [6, 6.07) is 1.83. The molecule has 0 atom stereocenters. The second kappa shape index (κ2) is 3.51. The standard InChI is InChI=1S/C8H7ClN4S/c1-4-2-5(9)3-11-6(4)7-12-13-8(10)14-7/h2-3H,1H3,(H2,10,13). The predicted molar refractivity (Wildman–Crippen MR) is 57.3 cm³/mol. The first kappa shape index (κ1) is 9.36. The van der Waals surface area contributed by atoms with Crippen LogP contribution in [0.1, 0.15) is 5.56 Å². The van der Waals surface area contributed by atoms with Gasteiger partial charge in [-0.05, 0) is 18.6 Å². The maximum absolute atomic E-state index is 5.79. The van der Waals surface area contributed by atoms with Crippen molar-refractivity contribution >= 4 is 28.1 Å². The molecule has 2 rings (SSSR count). The van der Waals surface area contributed by atoms with Gasteiger partial charge in [0.2, 0.25) is 5.13 Å². The van der Waals surface area contributed by atoms with Gasteiger partial charge in [0, 0.05) is 6.20 Å². The van der Waals surface area contributed by atoms with Crippen LogP contribution in [-0.4, -0.2) is 15.2 Å². The van der Waals surface area contributed by atoms with Crippen LogP contribution in [0, 0.1) is 6.92 Å². The molecule has 0 aliphatic carbocycles. The Morgan fingerprint density at radius 2 is 2.21 bits per heavy atom. The number of hydrogen-bond donors (Lipinski definition) is 1. The van der Waals surface area contributed by atoms with Crippen molar-refractivity contribution in [1.82, 2.24) is 15.2 Å². The van der Waals surface area contributed by atoms with E-state index in [-0.39, 0.29) is 0 Å². The molecular weight excluding hydrogens is 220 g/mol. The van der Waals surface area contributed by atoms with Gasteiger partial charge in [-0.2, -0.15) is 0 Å². The number of nitrogens with two attached hydrogens (primary N) is 1. The van der Waals surface area contributed by atoms with E-state index in [4.69, 9.17) is 17.3 Å². The molecule has 6 heteroatoms. The summed E-state index contributed by atoms with van der Waals surface area (Å²) in [4.78, 5) is 4.18. The van der Waals surface area contributed by atoms with Gasteiger partial charge in [0.05, 0.1) is 5.02 Å². The third-order valence-electron chi connectivity index (χ3n) is 1.69. The number of nitrogen functional groups attached to an aromatic ring is 1. The van der Waals surface area contributed by atoms with Gasteiger partial charge in [-0.3, -0.25) is 4.98 Å². The van der Waals surface area contributed by atoms with E-state index in [9.17, 15) is 0 Å². The highest BCUT2D eigenvalue weighted by atomic mass is 35.5. The molecule has 0 aliphatic rings. The molecule has 0 fully saturated rings. The molecule has 0 aliphatic heterocycles. The fraction of sp³-hybridized carbons (Fsp3) is 0.125. The number of halogens is 1. The van der Waals surface area contributed by atoms with Gasteiger partial charge in [0.25, 0.3) is 0 Å². The van der Waals surface area contributed by atoms with Crippen molar-refractivity contribution in [3.63, 3.8) is 0 Å². The lowest BCUT2D eigenvalue weighted by molar-refractivity contribution is 1.09. The van der Waals surface area contributed by atoms with Crippen molar-refractivity contribution in [2.24, 2.45) is 0 Å². The summed E-state index contributed by atoms with van der Waals surface area (Å²) in [7, 11) is 0. The van der Waals surface area contributed by atoms with Crippen LogP contribution in [-0.2, 0) is 0 Å². The minimum absolute atomic E-state index is 0.441. The molecular formula is C8H7ClN4S. The first-order valence-electron chi connectivity index (χ1n) is 3.88. The van der Waals surface area contributed by atoms with E-state index in [1.807, 2.05) is 13.0 Å². The molecule has 0 aromatic carbocycles. The molecule has 0 amide bonds. The predicted octanol–water partition coefficient (Wildman–Crippen LogP) is 2.14. The Hall–Kier alpha value is -1.20. The van der Waals surface area contributed by atoms with Crippen LogP contribution in [0.4, 0.5) is 5.13 Å². The smallest absolute Gasteiger partial charge is 0.203 e. The molecule has 2 heterocycles. The third-order valence-corrected chi connectivity index (χ3v) is 2.65. The van der Waals surface area contributed by atoms with Crippen molar-refractivity contribution in [1.29, 1.82) is 0 Å². The highest BCUT2D eigenvalue weighted by molar-refractivity contribution is 7.18. The largest absolute Gasteiger partial charge is 0.374 e. The van der Waals surface area contributed by atoms with Crippen LogP contribution in [0.5, 0.6) is 0 Å². The zero-order chi connectivity index (χ0) is 10.1. The lowest BCUT2D eigenvalue weighted by atomic mass is 10.2. The molecule has 2 N–H and O–H groups in total. The molecule has 0 spiro atoms. The van der Waals surface area contributed by atoms with E-state index in [1.54, 1.807) is 6.20 Å². The summed E-state index contributed by atoms with van der Waals surface area (Å²) in [5.41, 5.74) is 7.23. The van der Waals surface area contributed by atoms with Gasteiger partial charge >= 0.3 is 0 Å². The van der Waals surface area contributed by atoms with Gasteiger partial charge in [-0.25, -0.2) is 0 Å². The zero-order valence-corrected chi connectivity index (χ0v) is 8.93. The summed E-state index contributed by atoms with van der Waals surface area (Å²) < 4.78 is 0. The van der Waals surface area contributed by atoms with Crippen LogP contribution in [0.15, 0.2) is 12.3 Å². The monoisotopic (exact) mass is 226 g/mol. The number of aromatic nitrogens is 3. The normalized spacial score (nSPS) is 10.4. The van der Waals surface area contributed by atoms with Crippen LogP contribution in [0.3, 0.4) is 0 Å². The molecule has 0 unspecified atom stereocenters. The van der Waals surface area contributed by atoms with E-state index in [1.165, 1.54) is 11.3 Å². The molecule has 0 saturated heterocycles. The number of anilines is 1. The average molecular weight is 227 g/mol. The molecule has 4 nitrogen and oxygen atoms in total. The van der Waals surface area contributed by atoms with Crippen molar-refractivity contribution in [3.05, 3.63) is 22.8 Å². The highest BCUT2D eigenvalue weighted by Crippen LogP contribution is 2.26. The Morgan fingerprint density at radius 3 is 2.79 bits per heavy atom. The van der Waals surface area contributed by atoms with E-state index in [0.717, 1.165) is 16.3 Å². The topological polar surface area (TPSA) is 64.7 Å². The van der Waals surface area contributed by atoms with Gasteiger partial charge in [-0.15, -0.1) is 10.2 Å². The fourth-order valence-electron chi connectivity index (χ4n) is 1.09. The second-order valence-electron chi connectivity index (χ2n) is 2.76. The third kappa shape index (κ3) is 1.69.